The summed E-state index contributed by atoms with van der Waals surface area (Å²) in [6.07, 6.45) is 13.1. The number of nitrogens with one attached hydrogen (secondary N) is 1. The van der Waals surface area contributed by atoms with E-state index in [0.29, 0.717) is 6.04 Å². The summed E-state index contributed by atoms with van der Waals surface area (Å²) in [5, 5.41) is 3.70. The van der Waals surface area contributed by atoms with Gasteiger partial charge in [0.25, 0.3) is 0 Å². The zero-order chi connectivity index (χ0) is 16.4. The van der Waals surface area contributed by atoms with Crippen molar-refractivity contribution in [2.24, 2.45) is 23.7 Å². The van der Waals surface area contributed by atoms with Crippen molar-refractivity contribution in [2.45, 2.75) is 91.5 Å². The Morgan fingerprint density at radius 1 is 1.14 bits per heavy atom. The maximum absolute atomic E-state index is 11.1. The summed E-state index contributed by atoms with van der Waals surface area (Å²) in [4.78, 5) is 11.1. The second-order valence-electron chi connectivity index (χ2n) is 7.71. The molecule has 0 aromatic heterocycles. The fourth-order valence-electron chi connectivity index (χ4n) is 4.15. The van der Waals surface area contributed by atoms with Gasteiger partial charge in [0.1, 0.15) is 6.29 Å². The van der Waals surface area contributed by atoms with Crippen molar-refractivity contribution < 1.29 is 4.79 Å². The molecule has 1 aliphatic rings. The number of carbonyl (C=O) groups excluding carboxylic acids is 1. The monoisotopic (exact) mass is 309 g/mol. The van der Waals surface area contributed by atoms with Gasteiger partial charge in [0.2, 0.25) is 0 Å². The highest BCUT2D eigenvalue weighted by atomic mass is 16.1. The van der Waals surface area contributed by atoms with Crippen LogP contribution in [0.5, 0.6) is 0 Å². The standard InChI is InChI=1S/C20H39NO/c1-5-7-12-20(17(4)15-22)21-14-16(3)13-19-11-9-8-10-18(19)6-2/h15-21H,5-14H2,1-4H3. The summed E-state index contributed by atoms with van der Waals surface area (Å²) >= 11 is 0. The maximum atomic E-state index is 11.1. The van der Waals surface area contributed by atoms with Crippen LogP contribution in [0.1, 0.15) is 85.5 Å². The predicted molar refractivity (Wildman–Crippen MR) is 96.1 cm³/mol. The lowest BCUT2D eigenvalue weighted by atomic mass is 9.74. The van der Waals surface area contributed by atoms with Crippen LogP contribution in [0.4, 0.5) is 0 Å². The third-order valence-electron chi connectivity index (χ3n) is 5.74. The zero-order valence-electron chi connectivity index (χ0n) is 15.4. The molecule has 0 amide bonds. The summed E-state index contributed by atoms with van der Waals surface area (Å²) in [6.45, 7) is 10.1. The third kappa shape index (κ3) is 6.81. The van der Waals surface area contributed by atoms with Gasteiger partial charge in [-0.25, -0.2) is 0 Å². The lowest BCUT2D eigenvalue weighted by Crippen LogP contribution is -2.39. The molecule has 2 heteroatoms. The topological polar surface area (TPSA) is 29.1 Å². The van der Waals surface area contributed by atoms with Gasteiger partial charge in [0.05, 0.1) is 0 Å². The number of aldehydes is 1. The van der Waals surface area contributed by atoms with Gasteiger partial charge < -0.3 is 10.1 Å². The van der Waals surface area contributed by atoms with E-state index in [2.05, 4.69) is 33.0 Å². The van der Waals surface area contributed by atoms with Crippen LogP contribution in [0.15, 0.2) is 0 Å². The van der Waals surface area contributed by atoms with E-state index >= 15 is 0 Å². The molecule has 0 saturated heterocycles. The molecule has 1 rings (SSSR count). The average Bonchev–Trinajstić information content (AvgIpc) is 2.54. The molecule has 1 aliphatic carbocycles. The van der Waals surface area contributed by atoms with Gasteiger partial charge in [-0.2, -0.15) is 0 Å². The minimum atomic E-state index is 0.136. The number of carbonyl (C=O) groups is 1. The van der Waals surface area contributed by atoms with Crippen molar-refractivity contribution in [3.63, 3.8) is 0 Å². The molecule has 0 heterocycles. The first-order valence-corrected chi connectivity index (χ1v) is 9.80. The van der Waals surface area contributed by atoms with Crippen LogP contribution in [0, 0.1) is 23.7 Å². The van der Waals surface area contributed by atoms with E-state index in [4.69, 9.17) is 0 Å². The van der Waals surface area contributed by atoms with E-state index in [0.717, 1.165) is 37.0 Å². The lowest BCUT2D eigenvalue weighted by Gasteiger charge is -2.33. The highest BCUT2D eigenvalue weighted by Gasteiger charge is 2.25. The van der Waals surface area contributed by atoms with Crippen molar-refractivity contribution in [1.29, 1.82) is 0 Å². The molecule has 0 bridgehead atoms. The Bertz CT molecular complexity index is 291. The van der Waals surface area contributed by atoms with Gasteiger partial charge in [0, 0.05) is 12.0 Å². The molecule has 1 N–H and O–H groups in total. The molecular weight excluding hydrogens is 270 g/mol. The molecule has 22 heavy (non-hydrogen) atoms. The van der Waals surface area contributed by atoms with E-state index in [1.165, 1.54) is 51.4 Å². The second-order valence-corrected chi connectivity index (χ2v) is 7.71. The molecule has 1 fully saturated rings. The predicted octanol–water partition coefficient (Wildman–Crippen LogP) is 5.21. The Morgan fingerprint density at radius 3 is 2.41 bits per heavy atom. The molecule has 5 unspecified atom stereocenters. The summed E-state index contributed by atoms with van der Waals surface area (Å²) in [5.41, 5.74) is 0. The van der Waals surface area contributed by atoms with Gasteiger partial charge in [-0.05, 0) is 37.1 Å². The Balaban J connectivity index is 2.38. The molecule has 0 aliphatic heterocycles. The van der Waals surface area contributed by atoms with Gasteiger partial charge in [-0.15, -0.1) is 0 Å². The van der Waals surface area contributed by atoms with Crippen LogP contribution in [0.25, 0.3) is 0 Å². The molecule has 130 valence electrons. The molecule has 0 spiro atoms. The molecule has 1 saturated carbocycles. The van der Waals surface area contributed by atoms with Crippen LogP contribution in [0.2, 0.25) is 0 Å². The van der Waals surface area contributed by atoms with Crippen molar-refractivity contribution in [3.8, 4) is 0 Å². The normalized spacial score (nSPS) is 26.4. The molecule has 0 radical (unpaired) electrons. The van der Waals surface area contributed by atoms with Crippen LogP contribution in [0.3, 0.4) is 0 Å². The van der Waals surface area contributed by atoms with Gasteiger partial charge in [0.15, 0.2) is 0 Å². The second kappa shape index (κ2) is 11.2. The van der Waals surface area contributed by atoms with E-state index in [1.54, 1.807) is 0 Å². The third-order valence-corrected chi connectivity index (χ3v) is 5.74. The van der Waals surface area contributed by atoms with Crippen molar-refractivity contribution in [3.05, 3.63) is 0 Å². The number of unbranched alkanes of at least 4 members (excludes halogenated alkanes) is 1. The number of rotatable bonds is 11. The Labute approximate surface area is 138 Å². The first kappa shape index (κ1) is 19.7. The Hall–Kier alpha value is -0.370. The van der Waals surface area contributed by atoms with Crippen molar-refractivity contribution in [2.75, 3.05) is 6.54 Å². The molecule has 2 nitrogen and oxygen atoms in total. The summed E-state index contributed by atoms with van der Waals surface area (Å²) in [5.74, 6) is 2.76. The molecule has 0 aromatic carbocycles. The van der Waals surface area contributed by atoms with Crippen molar-refractivity contribution in [1.82, 2.24) is 5.32 Å². The average molecular weight is 310 g/mol. The quantitative estimate of drug-likeness (QED) is 0.531. The van der Waals surface area contributed by atoms with Crippen molar-refractivity contribution >= 4 is 6.29 Å². The SMILES string of the molecule is CCCCC(NCC(C)CC1CCCCC1CC)C(C)C=O. The van der Waals surface area contributed by atoms with E-state index in [-0.39, 0.29) is 5.92 Å². The highest BCUT2D eigenvalue weighted by molar-refractivity contribution is 5.54. The maximum Gasteiger partial charge on any atom is 0.124 e. The fourth-order valence-corrected chi connectivity index (χ4v) is 4.15. The Kier molecular flexibility index (Phi) is 10.0. The van der Waals surface area contributed by atoms with Crippen LogP contribution in [-0.4, -0.2) is 18.9 Å². The van der Waals surface area contributed by atoms with E-state index < -0.39 is 0 Å². The minimum absolute atomic E-state index is 0.136. The van der Waals surface area contributed by atoms with E-state index in [1.807, 2.05) is 0 Å². The van der Waals surface area contributed by atoms with E-state index in [9.17, 15) is 4.79 Å². The fraction of sp³-hybridized carbons (Fsp3) is 0.950. The number of hydrogen-bond donors (Lipinski definition) is 1. The molecule has 0 aromatic rings. The van der Waals surface area contributed by atoms with Crippen LogP contribution in [-0.2, 0) is 4.79 Å². The Morgan fingerprint density at radius 2 is 1.82 bits per heavy atom. The summed E-state index contributed by atoms with van der Waals surface area (Å²) in [7, 11) is 0. The minimum Gasteiger partial charge on any atom is -0.313 e. The van der Waals surface area contributed by atoms with Crippen LogP contribution >= 0.6 is 0 Å². The molecular formula is C20H39NO. The van der Waals surface area contributed by atoms with Gasteiger partial charge in [-0.3, -0.25) is 0 Å². The lowest BCUT2D eigenvalue weighted by molar-refractivity contribution is -0.111. The van der Waals surface area contributed by atoms with Gasteiger partial charge in [-0.1, -0.05) is 72.6 Å². The van der Waals surface area contributed by atoms with Gasteiger partial charge >= 0.3 is 0 Å². The smallest absolute Gasteiger partial charge is 0.124 e. The molecule has 5 atom stereocenters. The highest BCUT2D eigenvalue weighted by Crippen LogP contribution is 2.36. The summed E-state index contributed by atoms with van der Waals surface area (Å²) < 4.78 is 0. The first-order chi connectivity index (χ1) is 10.6. The zero-order valence-corrected chi connectivity index (χ0v) is 15.4. The number of hydrogen-bond acceptors (Lipinski definition) is 2. The summed E-state index contributed by atoms with van der Waals surface area (Å²) in [6, 6.07) is 0.369. The first-order valence-electron chi connectivity index (χ1n) is 9.80. The largest absolute Gasteiger partial charge is 0.313 e. The van der Waals surface area contributed by atoms with Crippen LogP contribution < -0.4 is 5.32 Å².